The lowest BCUT2D eigenvalue weighted by atomic mass is 10.2. The highest BCUT2D eigenvalue weighted by Gasteiger charge is 2.15. The Morgan fingerprint density at radius 3 is 2.62 bits per heavy atom. The van der Waals surface area contributed by atoms with Crippen LogP contribution in [0.3, 0.4) is 0 Å². The number of hydrogen-bond donors (Lipinski definition) is 0. The van der Waals surface area contributed by atoms with Gasteiger partial charge in [-0.3, -0.25) is 10.1 Å². The van der Waals surface area contributed by atoms with Gasteiger partial charge in [0.2, 0.25) is 0 Å². The van der Waals surface area contributed by atoms with Crippen molar-refractivity contribution in [2.75, 3.05) is 0 Å². The lowest BCUT2D eigenvalue weighted by Gasteiger charge is -2.09. The Morgan fingerprint density at radius 1 is 1.05 bits per heavy atom. The summed E-state index contributed by atoms with van der Waals surface area (Å²) < 4.78 is 6.85. The van der Waals surface area contributed by atoms with E-state index in [0.29, 0.717) is 22.4 Å². The van der Waals surface area contributed by atoms with Crippen LogP contribution in [0, 0.1) is 13.7 Å². The Kier molecular flexibility index (Phi) is 3.70. The van der Waals surface area contributed by atoms with E-state index in [1.54, 1.807) is 18.2 Å². The van der Waals surface area contributed by atoms with Crippen molar-refractivity contribution in [3.05, 3.63) is 68.4 Å². The second-order valence-corrected chi connectivity index (χ2v) is 5.43. The molecule has 1 heterocycles. The lowest BCUT2D eigenvalue weighted by molar-refractivity contribution is -0.383. The van der Waals surface area contributed by atoms with Crippen LogP contribution in [0.1, 0.15) is 0 Å². The zero-order valence-corrected chi connectivity index (χ0v) is 12.9. The lowest BCUT2D eigenvalue weighted by Crippen LogP contribution is -1.94. The van der Waals surface area contributed by atoms with Crippen LogP contribution in [-0.2, 0) is 0 Å². The summed E-state index contributed by atoms with van der Waals surface area (Å²) in [7, 11) is 0. The molecule has 2 aromatic carbocycles. The minimum absolute atomic E-state index is 0.0271. The van der Waals surface area contributed by atoms with Crippen molar-refractivity contribution in [2.24, 2.45) is 0 Å². The van der Waals surface area contributed by atoms with Crippen molar-refractivity contribution in [1.29, 1.82) is 0 Å². The highest BCUT2D eigenvalue weighted by molar-refractivity contribution is 14.1. The summed E-state index contributed by atoms with van der Waals surface area (Å²) in [4.78, 5) is 14.7. The Morgan fingerprint density at radius 2 is 1.86 bits per heavy atom. The van der Waals surface area contributed by atoms with Crippen molar-refractivity contribution in [3.63, 3.8) is 0 Å². The van der Waals surface area contributed by atoms with Gasteiger partial charge in [-0.25, -0.2) is 4.98 Å². The second-order valence-electron chi connectivity index (χ2n) is 4.27. The Balaban J connectivity index is 2.14. The van der Waals surface area contributed by atoms with Gasteiger partial charge in [0.15, 0.2) is 5.52 Å². The number of pyridine rings is 1. The number of nitro groups is 1. The van der Waals surface area contributed by atoms with Crippen LogP contribution in [-0.4, -0.2) is 9.91 Å². The molecular weight excluding hydrogens is 383 g/mol. The number of non-ortho nitro benzene ring substituents is 1. The molecule has 0 fully saturated rings. The molecule has 5 nitrogen and oxygen atoms in total. The monoisotopic (exact) mass is 392 g/mol. The van der Waals surface area contributed by atoms with E-state index in [-0.39, 0.29) is 5.69 Å². The largest absolute Gasteiger partial charge is 0.455 e. The number of para-hydroxylation sites is 2. The van der Waals surface area contributed by atoms with E-state index in [9.17, 15) is 10.1 Å². The van der Waals surface area contributed by atoms with Crippen LogP contribution in [0.2, 0.25) is 0 Å². The van der Waals surface area contributed by atoms with Crippen LogP contribution in [0.5, 0.6) is 11.5 Å². The topological polar surface area (TPSA) is 65.3 Å². The van der Waals surface area contributed by atoms with Gasteiger partial charge < -0.3 is 4.74 Å². The van der Waals surface area contributed by atoms with Crippen molar-refractivity contribution in [1.82, 2.24) is 4.98 Å². The van der Waals surface area contributed by atoms with Gasteiger partial charge >= 0.3 is 0 Å². The molecular formula is C15H9IN2O3. The first-order valence-electron chi connectivity index (χ1n) is 6.11. The van der Waals surface area contributed by atoms with Gasteiger partial charge in [-0.2, -0.15) is 0 Å². The molecule has 3 aromatic rings. The summed E-state index contributed by atoms with van der Waals surface area (Å²) in [5.41, 5.74) is 0.298. The molecule has 0 atom stereocenters. The molecule has 0 N–H and O–H groups in total. The molecule has 0 saturated carbocycles. The van der Waals surface area contributed by atoms with Crippen molar-refractivity contribution >= 4 is 39.2 Å². The standard InChI is InChI=1S/C15H9IN2O3/c16-11-5-1-2-7-14(11)21-13-8-9-17-15-10(13)4-3-6-12(15)18(19)20/h1-9H. The first-order chi connectivity index (χ1) is 10.2. The molecule has 0 radical (unpaired) electrons. The van der Waals surface area contributed by atoms with E-state index in [0.717, 1.165) is 3.57 Å². The van der Waals surface area contributed by atoms with Crippen molar-refractivity contribution in [3.8, 4) is 11.5 Å². The summed E-state index contributed by atoms with van der Waals surface area (Å²) in [6.45, 7) is 0. The molecule has 3 rings (SSSR count). The maximum absolute atomic E-state index is 11.1. The number of nitro benzene ring substituents is 1. The Labute approximate surface area is 133 Å². The predicted molar refractivity (Wildman–Crippen MR) is 87.6 cm³/mol. The third kappa shape index (κ3) is 2.66. The molecule has 0 aliphatic carbocycles. The summed E-state index contributed by atoms with van der Waals surface area (Å²) >= 11 is 2.18. The van der Waals surface area contributed by atoms with Gasteiger partial charge in [-0.1, -0.05) is 18.2 Å². The van der Waals surface area contributed by atoms with Crippen LogP contribution < -0.4 is 4.74 Å². The molecule has 0 aliphatic heterocycles. The number of rotatable bonds is 3. The maximum atomic E-state index is 11.1. The van der Waals surface area contributed by atoms with Crippen LogP contribution in [0.15, 0.2) is 54.7 Å². The maximum Gasteiger partial charge on any atom is 0.295 e. The molecule has 0 amide bonds. The van der Waals surface area contributed by atoms with Gasteiger partial charge in [-0.15, -0.1) is 0 Å². The predicted octanol–water partition coefficient (Wildman–Crippen LogP) is 4.54. The van der Waals surface area contributed by atoms with Gasteiger partial charge in [0, 0.05) is 12.3 Å². The molecule has 0 bridgehead atoms. The zero-order chi connectivity index (χ0) is 14.8. The SMILES string of the molecule is O=[N+]([O-])c1cccc2c(Oc3ccccc3I)ccnc12. The fourth-order valence-electron chi connectivity index (χ4n) is 2.02. The quantitative estimate of drug-likeness (QED) is 0.373. The van der Waals surface area contributed by atoms with E-state index in [1.807, 2.05) is 24.3 Å². The van der Waals surface area contributed by atoms with Crippen LogP contribution in [0.4, 0.5) is 5.69 Å². The third-order valence-corrected chi connectivity index (χ3v) is 3.85. The fraction of sp³-hybridized carbons (Fsp3) is 0. The molecule has 21 heavy (non-hydrogen) atoms. The summed E-state index contributed by atoms with van der Waals surface area (Å²) in [5, 5.41) is 11.7. The van der Waals surface area contributed by atoms with Gasteiger partial charge in [0.05, 0.1) is 13.9 Å². The van der Waals surface area contributed by atoms with Crippen molar-refractivity contribution < 1.29 is 9.66 Å². The Bertz CT molecular complexity index is 836. The normalized spacial score (nSPS) is 10.5. The third-order valence-electron chi connectivity index (χ3n) is 2.96. The van der Waals surface area contributed by atoms with E-state index in [1.165, 1.54) is 12.3 Å². The minimum atomic E-state index is -0.439. The number of fused-ring (bicyclic) bond motifs is 1. The molecule has 6 heteroatoms. The Hall–Kier alpha value is -2.22. The summed E-state index contributed by atoms with van der Waals surface area (Å²) in [6.07, 6.45) is 1.51. The number of ether oxygens (including phenoxy) is 1. The average molecular weight is 392 g/mol. The fourth-order valence-corrected chi connectivity index (χ4v) is 2.51. The van der Waals surface area contributed by atoms with Crippen LogP contribution >= 0.6 is 22.6 Å². The molecule has 0 spiro atoms. The number of hydrogen-bond acceptors (Lipinski definition) is 4. The molecule has 0 saturated heterocycles. The highest BCUT2D eigenvalue weighted by Crippen LogP contribution is 2.34. The number of halogens is 1. The second kappa shape index (κ2) is 5.65. The first kappa shape index (κ1) is 13.7. The molecule has 0 unspecified atom stereocenters. The van der Waals surface area contributed by atoms with Crippen LogP contribution in [0.25, 0.3) is 10.9 Å². The number of nitrogens with zero attached hydrogens (tertiary/aromatic N) is 2. The summed E-state index contributed by atoms with van der Waals surface area (Å²) in [5.74, 6) is 1.25. The van der Waals surface area contributed by atoms with Gasteiger partial charge in [0.1, 0.15) is 11.5 Å². The van der Waals surface area contributed by atoms with E-state index in [4.69, 9.17) is 4.74 Å². The van der Waals surface area contributed by atoms with E-state index < -0.39 is 4.92 Å². The van der Waals surface area contributed by atoms with Gasteiger partial charge in [-0.05, 0) is 46.9 Å². The summed E-state index contributed by atoms with van der Waals surface area (Å²) in [6, 6.07) is 14.1. The van der Waals surface area contributed by atoms with Gasteiger partial charge in [0.25, 0.3) is 5.69 Å². The van der Waals surface area contributed by atoms with Crippen molar-refractivity contribution in [2.45, 2.75) is 0 Å². The van der Waals surface area contributed by atoms with E-state index in [2.05, 4.69) is 27.6 Å². The number of aromatic nitrogens is 1. The number of benzene rings is 2. The molecule has 1 aromatic heterocycles. The average Bonchev–Trinajstić information content (AvgIpc) is 2.49. The minimum Gasteiger partial charge on any atom is -0.455 e. The molecule has 0 aliphatic rings. The first-order valence-corrected chi connectivity index (χ1v) is 7.19. The zero-order valence-electron chi connectivity index (χ0n) is 10.7. The smallest absolute Gasteiger partial charge is 0.295 e. The highest BCUT2D eigenvalue weighted by atomic mass is 127. The van der Waals surface area contributed by atoms with E-state index >= 15 is 0 Å². The molecule has 104 valence electrons.